The number of nitrogen functional groups attached to an aromatic ring is 1. The quantitative estimate of drug-likeness (QED) is 0.684. The van der Waals surface area contributed by atoms with Crippen molar-refractivity contribution in [2.24, 2.45) is 0 Å². The number of rotatable bonds is 3. The molecule has 3 N–H and O–H groups in total. The largest absolute Gasteiger partial charge is 0.457 e. The summed E-state index contributed by atoms with van der Waals surface area (Å²) in [7, 11) is 2.05. The molecule has 1 aliphatic heterocycles. The fourth-order valence-electron chi connectivity index (χ4n) is 3.25. The number of benzene rings is 2. The van der Waals surface area contributed by atoms with Gasteiger partial charge in [0.05, 0.1) is 0 Å². The third kappa shape index (κ3) is 3.84. The predicted molar refractivity (Wildman–Crippen MR) is 111 cm³/mol. The minimum atomic E-state index is -0.143. The van der Waals surface area contributed by atoms with Crippen molar-refractivity contribution in [1.82, 2.24) is 14.8 Å². The number of likely N-dealkylation sites (N-methyl/N-ethyl adjacent to an activating group) is 1. The van der Waals surface area contributed by atoms with Crippen LogP contribution in [0.5, 0.6) is 11.5 Å². The third-order valence-corrected chi connectivity index (χ3v) is 4.90. The van der Waals surface area contributed by atoms with Gasteiger partial charge < -0.3 is 20.3 Å². The van der Waals surface area contributed by atoms with Crippen LogP contribution in [-0.2, 0) is 0 Å². The minimum Gasteiger partial charge on any atom is -0.457 e. The highest BCUT2D eigenvalue weighted by Gasteiger charge is 2.19. The van der Waals surface area contributed by atoms with Gasteiger partial charge in [-0.15, -0.1) is 0 Å². The molecule has 1 fully saturated rings. The molecular weight excluding hydrogens is 354 g/mol. The van der Waals surface area contributed by atoms with Crippen LogP contribution in [0.2, 0.25) is 0 Å². The number of amides is 2. The first-order valence-corrected chi connectivity index (χ1v) is 9.26. The number of carbonyl (C=O) groups excluding carboxylic acids is 1. The van der Waals surface area contributed by atoms with Gasteiger partial charge in [-0.25, -0.2) is 9.78 Å². The number of hydrogen-bond acceptors (Lipinski definition) is 5. The lowest BCUT2D eigenvalue weighted by atomic mass is 10.1. The second-order valence-electron chi connectivity index (χ2n) is 6.90. The van der Waals surface area contributed by atoms with Gasteiger partial charge in [-0.3, -0.25) is 5.32 Å². The summed E-state index contributed by atoms with van der Waals surface area (Å²) >= 11 is 0. The molecule has 2 amide bonds. The Morgan fingerprint density at radius 3 is 2.61 bits per heavy atom. The molecule has 0 unspecified atom stereocenters. The van der Waals surface area contributed by atoms with Gasteiger partial charge in [0.2, 0.25) is 0 Å². The smallest absolute Gasteiger partial charge is 0.323 e. The summed E-state index contributed by atoms with van der Waals surface area (Å²) in [4.78, 5) is 20.7. The highest BCUT2D eigenvalue weighted by atomic mass is 16.5. The number of urea groups is 1. The summed E-state index contributed by atoms with van der Waals surface area (Å²) in [5.41, 5.74) is 6.76. The fraction of sp³-hybridized carbons (Fsp3) is 0.238. The monoisotopic (exact) mass is 377 g/mol. The van der Waals surface area contributed by atoms with E-state index in [0.29, 0.717) is 36.1 Å². The van der Waals surface area contributed by atoms with E-state index >= 15 is 0 Å². The van der Waals surface area contributed by atoms with Crippen LogP contribution in [0.3, 0.4) is 0 Å². The van der Waals surface area contributed by atoms with Crippen LogP contribution in [0.4, 0.5) is 16.3 Å². The van der Waals surface area contributed by atoms with Crippen molar-refractivity contribution in [3.05, 3.63) is 54.7 Å². The Morgan fingerprint density at radius 2 is 1.82 bits per heavy atom. The molecule has 0 atom stereocenters. The van der Waals surface area contributed by atoms with Crippen LogP contribution in [-0.4, -0.2) is 54.0 Å². The topological polar surface area (TPSA) is 83.7 Å². The number of piperazine rings is 1. The van der Waals surface area contributed by atoms with Gasteiger partial charge in [-0.05, 0) is 25.2 Å². The second kappa shape index (κ2) is 7.74. The minimum absolute atomic E-state index is 0.143. The highest BCUT2D eigenvalue weighted by Crippen LogP contribution is 2.33. The van der Waals surface area contributed by atoms with Crippen LogP contribution in [0.25, 0.3) is 10.8 Å². The van der Waals surface area contributed by atoms with E-state index in [0.717, 1.165) is 23.9 Å². The Labute approximate surface area is 163 Å². The molecule has 0 spiro atoms. The number of aromatic nitrogens is 1. The van der Waals surface area contributed by atoms with E-state index in [-0.39, 0.29) is 6.03 Å². The Morgan fingerprint density at radius 1 is 1.07 bits per heavy atom. The summed E-state index contributed by atoms with van der Waals surface area (Å²) < 4.78 is 6.06. The second-order valence-corrected chi connectivity index (χ2v) is 6.90. The maximum absolute atomic E-state index is 12.5. The van der Waals surface area contributed by atoms with E-state index < -0.39 is 0 Å². The maximum atomic E-state index is 12.5. The summed E-state index contributed by atoms with van der Waals surface area (Å²) in [6.07, 6.45) is 1.62. The molecule has 28 heavy (non-hydrogen) atoms. The number of nitrogens with one attached hydrogen (secondary N) is 1. The normalized spacial score (nSPS) is 14.8. The maximum Gasteiger partial charge on any atom is 0.323 e. The summed E-state index contributed by atoms with van der Waals surface area (Å²) in [6.45, 7) is 3.15. The molecule has 1 aromatic heterocycles. The Kier molecular flexibility index (Phi) is 4.99. The predicted octanol–water partition coefficient (Wildman–Crippen LogP) is 3.39. The molecule has 1 aliphatic rings. The van der Waals surface area contributed by atoms with Gasteiger partial charge in [0.15, 0.2) is 0 Å². The molecule has 2 aromatic carbocycles. The van der Waals surface area contributed by atoms with E-state index in [2.05, 4.69) is 22.2 Å². The van der Waals surface area contributed by atoms with E-state index in [1.54, 1.807) is 23.2 Å². The molecule has 1 saturated heterocycles. The number of pyridine rings is 1. The number of fused-ring (bicyclic) bond motifs is 1. The average molecular weight is 377 g/mol. The zero-order valence-corrected chi connectivity index (χ0v) is 15.8. The van der Waals surface area contributed by atoms with E-state index in [4.69, 9.17) is 10.5 Å². The average Bonchev–Trinajstić information content (AvgIpc) is 2.71. The number of nitrogens with two attached hydrogens (primary N) is 1. The number of nitrogens with zero attached hydrogens (tertiary/aromatic N) is 3. The molecule has 4 rings (SSSR count). The zero-order chi connectivity index (χ0) is 19.5. The number of ether oxygens (including phenoxy) is 1. The van der Waals surface area contributed by atoms with Crippen molar-refractivity contribution < 1.29 is 9.53 Å². The van der Waals surface area contributed by atoms with Gasteiger partial charge in [-0.2, -0.15) is 0 Å². The molecular formula is C21H23N5O2. The van der Waals surface area contributed by atoms with Gasteiger partial charge in [0.25, 0.3) is 0 Å². The molecule has 3 aromatic rings. The van der Waals surface area contributed by atoms with Gasteiger partial charge in [0.1, 0.15) is 17.3 Å². The first kappa shape index (κ1) is 18.1. The molecule has 7 nitrogen and oxygen atoms in total. The Balaban J connectivity index is 1.50. The van der Waals surface area contributed by atoms with Crippen LogP contribution >= 0.6 is 0 Å². The molecule has 144 valence electrons. The lowest BCUT2D eigenvalue weighted by molar-refractivity contribution is 0.164. The Bertz CT molecular complexity index is 999. The fourth-order valence-corrected chi connectivity index (χ4v) is 3.25. The SMILES string of the molecule is CN1CCN(C(=O)Nc2cc(Oc3ccc(N)c4ccccc34)ccn2)CC1. The van der Waals surface area contributed by atoms with Gasteiger partial charge >= 0.3 is 6.03 Å². The van der Waals surface area contributed by atoms with Gasteiger partial charge in [-0.1, -0.05) is 24.3 Å². The van der Waals surface area contributed by atoms with Crippen molar-refractivity contribution in [2.75, 3.05) is 44.3 Å². The lowest BCUT2D eigenvalue weighted by Gasteiger charge is -2.32. The molecule has 7 heteroatoms. The van der Waals surface area contributed by atoms with E-state index in [1.165, 1.54) is 0 Å². The van der Waals surface area contributed by atoms with Crippen molar-refractivity contribution in [3.8, 4) is 11.5 Å². The van der Waals surface area contributed by atoms with Gasteiger partial charge in [0, 0.05) is 54.9 Å². The zero-order valence-electron chi connectivity index (χ0n) is 15.8. The number of carbonyl (C=O) groups is 1. The van der Waals surface area contributed by atoms with Crippen molar-refractivity contribution in [3.63, 3.8) is 0 Å². The molecule has 0 radical (unpaired) electrons. The molecule has 0 saturated carbocycles. The first-order valence-electron chi connectivity index (χ1n) is 9.26. The summed E-state index contributed by atoms with van der Waals surface area (Å²) in [6, 6.07) is 14.8. The number of hydrogen-bond donors (Lipinski definition) is 2. The first-order chi connectivity index (χ1) is 13.6. The molecule has 2 heterocycles. The van der Waals surface area contributed by atoms with Crippen molar-refractivity contribution >= 4 is 28.3 Å². The third-order valence-electron chi connectivity index (χ3n) is 4.90. The standard InChI is InChI=1S/C21H23N5O2/c1-25-10-12-26(13-11-25)21(27)24-20-14-15(8-9-23-20)28-19-7-6-18(22)16-4-2-3-5-17(16)19/h2-9,14H,10-13,22H2,1H3,(H,23,24,27). The Hall–Kier alpha value is -3.32. The summed E-state index contributed by atoms with van der Waals surface area (Å²) in [5.74, 6) is 1.76. The van der Waals surface area contributed by atoms with Crippen molar-refractivity contribution in [1.29, 1.82) is 0 Å². The van der Waals surface area contributed by atoms with Crippen LogP contribution in [0, 0.1) is 0 Å². The van der Waals surface area contributed by atoms with Crippen LogP contribution < -0.4 is 15.8 Å². The van der Waals surface area contributed by atoms with Crippen molar-refractivity contribution in [2.45, 2.75) is 0 Å². The summed E-state index contributed by atoms with van der Waals surface area (Å²) in [5, 5.41) is 4.73. The van der Waals surface area contributed by atoms with Crippen LogP contribution in [0.15, 0.2) is 54.7 Å². The highest BCUT2D eigenvalue weighted by molar-refractivity contribution is 5.97. The van der Waals surface area contributed by atoms with E-state index in [9.17, 15) is 4.79 Å². The number of anilines is 2. The molecule has 0 bridgehead atoms. The van der Waals surface area contributed by atoms with E-state index in [1.807, 2.05) is 36.4 Å². The van der Waals surface area contributed by atoms with Crippen LogP contribution in [0.1, 0.15) is 0 Å². The lowest BCUT2D eigenvalue weighted by Crippen LogP contribution is -2.48. The molecule has 0 aliphatic carbocycles.